The van der Waals surface area contributed by atoms with Crippen molar-refractivity contribution in [3.8, 4) is 0 Å². The fourth-order valence-corrected chi connectivity index (χ4v) is 1.69. The molecule has 1 rings (SSSR count). The zero-order valence-corrected chi connectivity index (χ0v) is 8.57. The number of hydrogen-bond acceptors (Lipinski definition) is 2. The molecule has 1 aliphatic heterocycles. The Balaban J connectivity index is 2.77. The van der Waals surface area contributed by atoms with Gasteiger partial charge in [-0.2, -0.15) is 13.2 Å². The molecule has 0 aliphatic carbocycles. The van der Waals surface area contributed by atoms with Crippen LogP contribution in [-0.4, -0.2) is 59.4 Å². The third-order valence-corrected chi connectivity index (χ3v) is 2.50. The molecule has 0 saturated carbocycles. The predicted molar refractivity (Wildman–Crippen MR) is 51.2 cm³/mol. The summed E-state index contributed by atoms with van der Waals surface area (Å²) >= 11 is 0. The summed E-state index contributed by atoms with van der Waals surface area (Å²) in [5.74, 6) is 0. The molecular formula is C9H13F3N2O2. The van der Waals surface area contributed by atoms with E-state index in [1.165, 1.54) is 11.0 Å². The van der Waals surface area contributed by atoms with Crippen LogP contribution in [0.1, 0.15) is 0 Å². The number of rotatable bonds is 2. The number of carboxylic acid groups (broad SMARTS) is 1. The summed E-state index contributed by atoms with van der Waals surface area (Å²) in [6, 6.07) is -1.74. The number of amides is 1. The Hall–Kier alpha value is -1.24. The van der Waals surface area contributed by atoms with Crippen molar-refractivity contribution in [2.24, 2.45) is 0 Å². The first kappa shape index (κ1) is 12.8. The molecule has 0 aromatic carbocycles. The van der Waals surface area contributed by atoms with Crippen molar-refractivity contribution in [2.75, 3.05) is 26.2 Å². The molecule has 4 nitrogen and oxygen atoms in total. The summed E-state index contributed by atoms with van der Waals surface area (Å²) in [6.07, 6.45) is -4.35. The summed E-state index contributed by atoms with van der Waals surface area (Å²) < 4.78 is 38.0. The van der Waals surface area contributed by atoms with Crippen molar-refractivity contribution in [1.29, 1.82) is 0 Å². The maximum atomic E-state index is 12.7. The monoisotopic (exact) mass is 238 g/mol. The lowest BCUT2D eigenvalue weighted by Crippen LogP contribution is -2.59. The van der Waals surface area contributed by atoms with Gasteiger partial charge in [-0.15, -0.1) is 6.58 Å². The molecule has 16 heavy (non-hydrogen) atoms. The average molecular weight is 238 g/mol. The van der Waals surface area contributed by atoms with Crippen molar-refractivity contribution in [3.63, 3.8) is 0 Å². The largest absolute Gasteiger partial charge is 0.465 e. The first-order valence-electron chi connectivity index (χ1n) is 4.75. The highest BCUT2D eigenvalue weighted by molar-refractivity contribution is 5.65. The Morgan fingerprint density at radius 3 is 2.56 bits per heavy atom. The lowest BCUT2D eigenvalue weighted by Gasteiger charge is -2.40. The van der Waals surface area contributed by atoms with Gasteiger partial charge in [-0.1, -0.05) is 6.08 Å². The molecule has 7 heteroatoms. The summed E-state index contributed by atoms with van der Waals surface area (Å²) in [6.45, 7) is 3.13. The van der Waals surface area contributed by atoms with Crippen molar-refractivity contribution in [3.05, 3.63) is 12.7 Å². The quantitative estimate of drug-likeness (QED) is 0.739. The third kappa shape index (κ3) is 2.88. The van der Waals surface area contributed by atoms with Crippen LogP contribution < -0.4 is 0 Å². The van der Waals surface area contributed by atoms with E-state index in [2.05, 4.69) is 6.58 Å². The van der Waals surface area contributed by atoms with Crippen LogP contribution in [0.2, 0.25) is 0 Å². The van der Waals surface area contributed by atoms with E-state index in [4.69, 9.17) is 5.11 Å². The van der Waals surface area contributed by atoms with Crippen molar-refractivity contribution in [1.82, 2.24) is 9.80 Å². The van der Waals surface area contributed by atoms with Gasteiger partial charge in [-0.3, -0.25) is 4.90 Å². The van der Waals surface area contributed by atoms with E-state index in [1.807, 2.05) is 0 Å². The van der Waals surface area contributed by atoms with Crippen LogP contribution in [0.3, 0.4) is 0 Å². The topological polar surface area (TPSA) is 43.8 Å². The normalized spacial score (nSPS) is 23.2. The molecule has 0 radical (unpaired) electrons. The Kier molecular flexibility index (Phi) is 3.79. The molecule has 1 heterocycles. The predicted octanol–water partition coefficient (Wildman–Crippen LogP) is 1.40. The lowest BCUT2D eigenvalue weighted by molar-refractivity contribution is -0.193. The van der Waals surface area contributed by atoms with E-state index in [0.29, 0.717) is 0 Å². The molecule has 1 atom stereocenters. The number of piperazine rings is 1. The van der Waals surface area contributed by atoms with Crippen LogP contribution in [-0.2, 0) is 0 Å². The molecule has 92 valence electrons. The van der Waals surface area contributed by atoms with Crippen LogP contribution in [0.5, 0.6) is 0 Å². The standard InChI is InChI=1S/C9H13F3N2O2/c1-2-3-13-4-5-14(8(15)16)6-7(13)9(10,11)12/h2,7H,1,3-6H2,(H,15,16). The molecule has 0 spiro atoms. The van der Waals surface area contributed by atoms with E-state index in [1.54, 1.807) is 0 Å². The molecule has 1 N–H and O–H groups in total. The summed E-state index contributed by atoms with van der Waals surface area (Å²) in [5.41, 5.74) is 0. The van der Waals surface area contributed by atoms with Gasteiger partial charge in [0.25, 0.3) is 0 Å². The van der Waals surface area contributed by atoms with E-state index in [-0.39, 0.29) is 19.6 Å². The summed E-state index contributed by atoms with van der Waals surface area (Å²) in [7, 11) is 0. The number of nitrogens with zero attached hydrogens (tertiary/aromatic N) is 2. The first-order valence-corrected chi connectivity index (χ1v) is 4.75. The van der Waals surface area contributed by atoms with Crippen molar-refractivity contribution >= 4 is 6.09 Å². The maximum Gasteiger partial charge on any atom is 0.407 e. The summed E-state index contributed by atoms with van der Waals surface area (Å²) in [5, 5.41) is 8.66. The van der Waals surface area contributed by atoms with Gasteiger partial charge in [0.15, 0.2) is 0 Å². The Labute approximate surface area is 90.9 Å². The zero-order valence-electron chi connectivity index (χ0n) is 8.57. The lowest BCUT2D eigenvalue weighted by atomic mass is 10.1. The number of halogens is 3. The van der Waals surface area contributed by atoms with E-state index >= 15 is 0 Å². The van der Waals surface area contributed by atoms with Crippen LogP contribution in [0.4, 0.5) is 18.0 Å². The van der Waals surface area contributed by atoms with Gasteiger partial charge in [-0.05, 0) is 0 Å². The number of alkyl halides is 3. The van der Waals surface area contributed by atoms with Gasteiger partial charge in [0.1, 0.15) is 6.04 Å². The first-order chi connectivity index (χ1) is 7.36. The van der Waals surface area contributed by atoms with Crippen LogP contribution >= 0.6 is 0 Å². The van der Waals surface area contributed by atoms with E-state index in [0.717, 1.165) is 4.90 Å². The van der Waals surface area contributed by atoms with Gasteiger partial charge in [-0.25, -0.2) is 4.79 Å². The average Bonchev–Trinajstić information content (AvgIpc) is 2.16. The molecule has 1 aliphatic rings. The van der Waals surface area contributed by atoms with Crippen LogP contribution in [0.25, 0.3) is 0 Å². The molecule has 1 fully saturated rings. The van der Waals surface area contributed by atoms with Gasteiger partial charge < -0.3 is 10.0 Å². The second-order valence-corrected chi connectivity index (χ2v) is 3.57. The Morgan fingerprint density at radius 2 is 2.12 bits per heavy atom. The van der Waals surface area contributed by atoms with Gasteiger partial charge in [0.05, 0.1) is 0 Å². The molecular weight excluding hydrogens is 225 g/mol. The maximum absolute atomic E-state index is 12.7. The van der Waals surface area contributed by atoms with Crippen LogP contribution in [0.15, 0.2) is 12.7 Å². The number of hydrogen-bond donors (Lipinski definition) is 1. The van der Waals surface area contributed by atoms with Gasteiger partial charge in [0.2, 0.25) is 0 Å². The third-order valence-electron chi connectivity index (χ3n) is 2.50. The van der Waals surface area contributed by atoms with Crippen molar-refractivity contribution in [2.45, 2.75) is 12.2 Å². The molecule has 1 unspecified atom stereocenters. The molecule has 1 amide bonds. The molecule has 0 aromatic rings. The highest BCUT2D eigenvalue weighted by atomic mass is 19.4. The van der Waals surface area contributed by atoms with Crippen LogP contribution in [0, 0.1) is 0 Å². The van der Waals surface area contributed by atoms with Gasteiger partial charge >= 0.3 is 12.3 Å². The highest BCUT2D eigenvalue weighted by Gasteiger charge is 2.46. The minimum atomic E-state index is -4.42. The smallest absolute Gasteiger partial charge is 0.407 e. The minimum absolute atomic E-state index is 0.0719. The minimum Gasteiger partial charge on any atom is -0.465 e. The molecule has 0 bridgehead atoms. The molecule has 1 saturated heterocycles. The van der Waals surface area contributed by atoms with Crippen molar-refractivity contribution < 1.29 is 23.1 Å². The number of carbonyl (C=O) groups is 1. The SMILES string of the molecule is C=CCN1CCN(C(=O)O)CC1C(F)(F)F. The highest BCUT2D eigenvalue weighted by Crippen LogP contribution is 2.27. The van der Waals surface area contributed by atoms with E-state index in [9.17, 15) is 18.0 Å². The second-order valence-electron chi connectivity index (χ2n) is 3.57. The fourth-order valence-electron chi connectivity index (χ4n) is 1.69. The molecule has 0 aromatic heterocycles. The zero-order chi connectivity index (χ0) is 12.3. The van der Waals surface area contributed by atoms with Gasteiger partial charge in [0, 0.05) is 26.2 Å². The fraction of sp³-hybridized carbons (Fsp3) is 0.667. The van der Waals surface area contributed by atoms with E-state index < -0.39 is 24.9 Å². The second kappa shape index (κ2) is 4.73. The summed E-state index contributed by atoms with van der Waals surface area (Å²) in [4.78, 5) is 12.6. The Morgan fingerprint density at radius 1 is 1.50 bits per heavy atom. The Bertz CT molecular complexity index is 280.